The van der Waals surface area contributed by atoms with Crippen LogP contribution in [0.5, 0.6) is 5.88 Å². The van der Waals surface area contributed by atoms with Gasteiger partial charge in [-0.1, -0.05) is 17.3 Å². The zero-order chi connectivity index (χ0) is 17.9. The topological polar surface area (TPSA) is 81.4 Å². The van der Waals surface area contributed by atoms with Gasteiger partial charge in [-0.3, -0.25) is 4.79 Å². The van der Waals surface area contributed by atoms with Crippen molar-refractivity contribution >= 4 is 16.9 Å². The largest absolute Gasteiger partial charge is 0.472 e. The molecule has 7 nitrogen and oxygen atoms in total. The van der Waals surface area contributed by atoms with E-state index < -0.39 is 0 Å². The van der Waals surface area contributed by atoms with E-state index in [0.29, 0.717) is 29.5 Å². The summed E-state index contributed by atoms with van der Waals surface area (Å²) in [6.07, 6.45) is 3.66. The van der Waals surface area contributed by atoms with Gasteiger partial charge in [0.1, 0.15) is 17.6 Å². The Balaban J connectivity index is 1.41. The molecule has 2 aromatic heterocycles. The summed E-state index contributed by atoms with van der Waals surface area (Å²) in [6, 6.07) is 9.33. The first kappa shape index (κ1) is 16.5. The number of piperidine rings is 1. The van der Waals surface area contributed by atoms with Crippen molar-refractivity contribution in [1.82, 2.24) is 20.0 Å². The van der Waals surface area contributed by atoms with Crippen molar-refractivity contribution in [2.45, 2.75) is 32.3 Å². The van der Waals surface area contributed by atoms with Crippen LogP contribution >= 0.6 is 0 Å². The molecule has 3 aromatic rings. The molecule has 0 saturated carbocycles. The third-order valence-electron chi connectivity index (χ3n) is 4.54. The van der Waals surface area contributed by atoms with E-state index in [0.717, 1.165) is 24.8 Å². The highest BCUT2D eigenvalue weighted by atomic mass is 16.5. The summed E-state index contributed by atoms with van der Waals surface area (Å²) in [5, 5.41) is 4.95. The summed E-state index contributed by atoms with van der Waals surface area (Å²) in [5.41, 5.74) is 1.38. The van der Waals surface area contributed by atoms with Crippen LogP contribution in [0.4, 0.5) is 0 Å². The van der Waals surface area contributed by atoms with E-state index in [-0.39, 0.29) is 18.4 Å². The Morgan fingerprint density at radius 2 is 2.23 bits per heavy atom. The molecular weight excluding hydrogens is 332 g/mol. The Kier molecular flexibility index (Phi) is 4.51. The fraction of sp³-hybridized carbons (Fsp3) is 0.368. The smallest absolute Gasteiger partial charge is 0.228 e. The number of carbonyl (C=O) groups is 1. The Labute approximate surface area is 151 Å². The molecule has 1 aliphatic rings. The summed E-state index contributed by atoms with van der Waals surface area (Å²) in [6.45, 7) is 3.11. The van der Waals surface area contributed by atoms with E-state index in [4.69, 9.17) is 9.26 Å². The van der Waals surface area contributed by atoms with Gasteiger partial charge in [-0.05, 0) is 31.9 Å². The third-order valence-corrected chi connectivity index (χ3v) is 4.54. The van der Waals surface area contributed by atoms with Gasteiger partial charge in [0.05, 0.1) is 13.0 Å². The normalized spacial score (nSPS) is 17.4. The molecule has 1 aliphatic heterocycles. The van der Waals surface area contributed by atoms with E-state index in [1.807, 2.05) is 36.1 Å². The van der Waals surface area contributed by atoms with E-state index >= 15 is 0 Å². The van der Waals surface area contributed by atoms with Gasteiger partial charge in [-0.2, -0.15) is 4.98 Å². The molecule has 1 atom stereocenters. The Hall–Kier alpha value is -2.96. The number of hydrogen-bond donors (Lipinski definition) is 0. The summed E-state index contributed by atoms with van der Waals surface area (Å²) >= 11 is 0. The number of aryl methyl sites for hydroxylation is 1. The predicted molar refractivity (Wildman–Crippen MR) is 94.7 cm³/mol. The summed E-state index contributed by atoms with van der Waals surface area (Å²) in [5.74, 6) is 1.26. The van der Waals surface area contributed by atoms with Gasteiger partial charge in [-0.15, -0.1) is 0 Å². The lowest BCUT2D eigenvalue weighted by Gasteiger charge is -2.32. The number of para-hydroxylation sites is 1. The molecule has 0 spiro atoms. The average molecular weight is 352 g/mol. The minimum atomic E-state index is -0.0592. The van der Waals surface area contributed by atoms with Crippen molar-refractivity contribution < 1.29 is 14.1 Å². The maximum Gasteiger partial charge on any atom is 0.228 e. The Morgan fingerprint density at radius 1 is 1.35 bits per heavy atom. The Bertz CT molecular complexity index is 924. The molecule has 0 aliphatic carbocycles. The second kappa shape index (κ2) is 7.11. The van der Waals surface area contributed by atoms with Gasteiger partial charge in [0.15, 0.2) is 5.58 Å². The van der Waals surface area contributed by atoms with E-state index in [1.165, 1.54) is 0 Å². The number of carbonyl (C=O) groups excluding carboxylic acids is 1. The van der Waals surface area contributed by atoms with Gasteiger partial charge >= 0.3 is 0 Å². The number of aromatic nitrogens is 3. The van der Waals surface area contributed by atoms with Crippen LogP contribution in [0, 0.1) is 6.92 Å². The molecule has 134 valence electrons. The highest BCUT2D eigenvalue weighted by Crippen LogP contribution is 2.21. The lowest BCUT2D eigenvalue weighted by molar-refractivity contribution is -0.133. The molecule has 7 heteroatoms. The van der Waals surface area contributed by atoms with Crippen molar-refractivity contribution in [3.63, 3.8) is 0 Å². The third kappa shape index (κ3) is 3.51. The SMILES string of the molecule is Cc1nccc(OC2CCCN(C(=O)Cc3noc4ccccc34)C2)n1. The van der Waals surface area contributed by atoms with Crippen LogP contribution in [0.25, 0.3) is 11.0 Å². The molecule has 1 unspecified atom stereocenters. The van der Waals surface area contributed by atoms with Crippen LogP contribution in [0.1, 0.15) is 24.4 Å². The number of hydrogen-bond acceptors (Lipinski definition) is 6. The average Bonchev–Trinajstić information content (AvgIpc) is 3.05. The first-order chi connectivity index (χ1) is 12.7. The molecule has 1 amide bonds. The molecule has 1 fully saturated rings. The van der Waals surface area contributed by atoms with Crippen LogP contribution in [-0.4, -0.2) is 45.1 Å². The maximum atomic E-state index is 12.7. The predicted octanol–water partition coefficient (Wildman–Crippen LogP) is 2.54. The highest BCUT2D eigenvalue weighted by Gasteiger charge is 2.26. The van der Waals surface area contributed by atoms with E-state index in [1.54, 1.807) is 12.3 Å². The highest BCUT2D eigenvalue weighted by molar-refractivity contribution is 5.86. The summed E-state index contributed by atoms with van der Waals surface area (Å²) < 4.78 is 11.2. The molecule has 0 N–H and O–H groups in total. The molecular formula is C19H20N4O3. The molecule has 3 heterocycles. The van der Waals surface area contributed by atoms with Gasteiger partial charge < -0.3 is 14.2 Å². The quantitative estimate of drug-likeness (QED) is 0.718. The molecule has 26 heavy (non-hydrogen) atoms. The zero-order valence-electron chi connectivity index (χ0n) is 14.6. The zero-order valence-corrected chi connectivity index (χ0v) is 14.6. The number of likely N-dealkylation sites (tertiary alicyclic amines) is 1. The van der Waals surface area contributed by atoms with Crippen LogP contribution in [0.2, 0.25) is 0 Å². The Morgan fingerprint density at radius 3 is 3.12 bits per heavy atom. The maximum absolute atomic E-state index is 12.7. The van der Waals surface area contributed by atoms with Crippen molar-refractivity contribution in [2.24, 2.45) is 0 Å². The van der Waals surface area contributed by atoms with Crippen LogP contribution in [0.3, 0.4) is 0 Å². The number of amides is 1. The number of fused-ring (bicyclic) bond motifs is 1. The number of rotatable bonds is 4. The number of nitrogens with zero attached hydrogens (tertiary/aromatic N) is 4. The minimum Gasteiger partial charge on any atom is -0.472 e. The second-order valence-corrected chi connectivity index (χ2v) is 6.47. The summed E-state index contributed by atoms with van der Waals surface area (Å²) in [4.78, 5) is 22.9. The minimum absolute atomic E-state index is 0.0382. The molecule has 1 aromatic carbocycles. The fourth-order valence-corrected chi connectivity index (χ4v) is 3.25. The van der Waals surface area contributed by atoms with Gasteiger partial charge in [0, 0.05) is 24.2 Å². The van der Waals surface area contributed by atoms with Crippen molar-refractivity contribution in [2.75, 3.05) is 13.1 Å². The molecule has 0 radical (unpaired) electrons. The molecule has 4 rings (SSSR count). The van der Waals surface area contributed by atoms with Gasteiger partial charge in [0.2, 0.25) is 11.8 Å². The van der Waals surface area contributed by atoms with Crippen LogP contribution in [0.15, 0.2) is 41.1 Å². The van der Waals surface area contributed by atoms with Gasteiger partial charge in [-0.25, -0.2) is 4.98 Å². The van der Waals surface area contributed by atoms with Crippen LogP contribution in [-0.2, 0) is 11.2 Å². The van der Waals surface area contributed by atoms with Crippen molar-refractivity contribution in [3.8, 4) is 5.88 Å². The van der Waals surface area contributed by atoms with Crippen LogP contribution < -0.4 is 4.74 Å². The number of benzene rings is 1. The standard InChI is InChI=1S/C19H20N4O3/c1-13-20-9-8-18(21-13)25-14-5-4-10-23(12-14)19(24)11-16-15-6-2-3-7-17(15)26-22-16/h2-3,6-9,14H,4-5,10-12H2,1H3. The fourth-order valence-electron chi connectivity index (χ4n) is 3.25. The van der Waals surface area contributed by atoms with Crippen molar-refractivity contribution in [1.29, 1.82) is 0 Å². The van der Waals surface area contributed by atoms with E-state index in [2.05, 4.69) is 15.1 Å². The monoisotopic (exact) mass is 352 g/mol. The number of ether oxygens (including phenoxy) is 1. The molecule has 0 bridgehead atoms. The lowest BCUT2D eigenvalue weighted by Crippen LogP contribution is -2.45. The second-order valence-electron chi connectivity index (χ2n) is 6.47. The van der Waals surface area contributed by atoms with E-state index in [9.17, 15) is 4.79 Å². The first-order valence-corrected chi connectivity index (χ1v) is 8.76. The summed E-state index contributed by atoms with van der Waals surface area (Å²) in [7, 11) is 0. The molecule has 1 saturated heterocycles. The van der Waals surface area contributed by atoms with Gasteiger partial charge in [0.25, 0.3) is 0 Å². The first-order valence-electron chi connectivity index (χ1n) is 8.76. The van der Waals surface area contributed by atoms with Crippen molar-refractivity contribution in [3.05, 3.63) is 48.0 Å². The lowest BCUT2D eigenvalue weighted by atomic mass is 10.1.